The van der Waals surface area contributed by atoms with Crippen LogP contribution in [-0.2, 0) is 79.0 Å². The Morgan fingerprint density at radius 3 is 1.42 bits per heavy atom. The molecule has 0 radical (unpaired) electrons. The molecule has 0 amide bonds. The number of carbonyl (C=O) groups is 1. The molecular formula is C70H73F8LiN10O4. The van der Waals surface area contributed by atoms with Crippen molar-refractivity contribution in [1.82, 2.24) is 39.5 Å². The molecule has 0 spiro atoms. The Labute approximate surface area is 546 Å². The average molecular weight is 1280 g/mol. The maximum absolute atomic E-state index is 15.1. The van der Waals surface area contributed by atoms with E-state index in [9.17, 15) is 36.2 Å². The van der Waals surface area contributed by atoms with Crippen LogP contribution in [0.3, 0.4) is 0 Å². The van der Waals surface area contributed by atoms with Crippen molar-refractivity contribution in [3.8, 4) is 33.9 Å². The van der Waals surface area contributed by atoms with Crippen LogP contribution in [-0.4, -0.2) is 84.0 Å². The molecule has 1 fully saturated rings. The normalized spacial score (nSPS) is 14.0. The number of methoxy groups -OCH3 is 1. The van der Waals surface area contributed by atoms with Crippen molar-refractivity contribution in [3.05, 3.63) is 196 Å². The number of anilines is 2. The number of esters is 1. The Hall–Kier alpha value is -8.29. The number of nitrogens with one attached hydrogen (secondary N) is 2. The van der Waals surface area contributed by atoms with E-state index in [0.29, 0.717) is 61.5 Å². The molecule has 10 aromatic rings. The Bertz CT molecular complexity index is 4280. The van der Waals surface area contributed by atoms with Crippen molar-refractivity contribution in [1.29, 1.82) is 0 Å². The van der Waals surface area contributed by atoms with Crippen LogP contribution >= 0.6 is 0 Å². The fourth-order valence-electron chi connectivity index (χ4n) is 12.6. The predicted octanol–water partition coefficient (Wildman–Crippen LogP) is 12.8. The van der Waals surface area contributed by atoms with Crippen LogP contribution in [0.25, 0.3) is 55.7 Å². The van der Waals surface area contributed by atoms with Crippen molar-refractivity contribution in [2.75, 3.05) is 43.2 Å². The molecule has 1 saturated heterocycles. The third kappa shape index (κ3) is 13.6. The fraction of sp³-hybridized carbons (Fsp3) is 0.343. The number of hydrogen-bond acceptors (Lipinski definition) is 10. The molecular weight excluding hydrogens is 1200 g/mol. The summed E-state index contributed by atoms with van der Waals surface area (Å²) in [5, 5.41) is 22.8. The number of benzene rings is 4. The number of ether oxygens (including phenoxy) is 2. The summed E-state index contributed by atoms with van der Waals surface area (Å²) >= 11 is 0. The van der Waals surface area contributed by atoms with E-state index in [1.54, 1.807) is 35.9 Å². The number of rotatable bonds is 12. The van der Waals surface area contributed by atoms with Gasteiger partial charge in [0.1, 0.15) is 0 Å². The Balaban J connectivity index is 0.000000200. The second-order valence-electron chi connectivity index (χ2n) is 23.3. The number of para-hydroxylation sites is 2. The van der Waals surface area contributed by atoms with Gasteiger partial charge in [-0.25, -0.2) is 32.9 Å². The number of hydrogen-bond donors (Lipinski definition) is 3. The molecule has 14 nitrogen and oxygen atoms in total. The van der Waals surface area contributed by atoms with Gasteiger partial charge in [-0.2, -0.15) is 36.5 Å². The average Bonchev–Trinajstić information content (AvgIpc) is 1.68. The number of pyridine rings is 2. The number of H-pyrrole nitrogens is 2. The van der Waals surface area contributed by atoms with Gasteiger partial charge in [-0.3, -0.25) is 0 Å². The second kappa shape index (κ2) is 28.1. The summed E-state index contributed by atoms with van der Waals surface area (Å²) in [6.07, 6.45) is 2.11. The molecule has 6 aromatic heterocycles. The molecule has 0 bridgehead atoms. The van der Waals surface area contributed by atoms with Gasteiger partial charge in [0.25, 0.3) is 0 Å². The predicted molar refractivity (Wildman–Crippen MR) is 340 cm³/mol. The van der Waals surface area contributed by atoms with Crippen LogP contribution in [0.4, 0.5) is 46.8 Å². The molecule has 93 heavy (non-hydrogen) atoms. The van der Waals surface area contributed by atoms with Crippen LogP contribution in [0.5, 0.6) is 0 Å². The molecule has 13 rings (SSSR count). The minimum absolute atomic E-state index is 0. The van der Waals surface area contributed by atoms with E-state index in [-0.39, 0.29) is 51.0 Å². The first-order valence-electron chi connectivity index (χ1n) is 30.6. The van der Waals surface area contributed by atoms with Gasteiger partial charge in [-0.15, -0.1) is 0 Å². The molecule has 3 aliphatic heterocycles. The number of fused-ring (bicyclic) bond motifs is 4. The SMILES string of the molecule is C1CCOC1.CCc1cccc(CC)c1-n1nc2c(c1-c1ccc(C(=O)OC)c3[nH]ccc13)CN(c1ncc(C(F)(F)F)cc1F)CC2.CCc1cccc(CC)c1-n1nc2c(c1-c1ccc(C(C)(C)O)c3[nH]ccc13)CN(c1ncc(C(F)(F)F)cc1F)CC2.[CH3-].[Li+]. The first kappa shape index (κ1) is 69.1. The summed E-state index contributed by atoms with van der Waals surface area (Å²) < 4.78 is 123. The van der Waals surface area contributed by atoms with Gasteiger partial charge in [0.05, 0.1) is 74.6 Å². The second-order valence-corrected chi connectivity index (χ2v) is 23.3. The number of alkyl halides is 6. The van der Waals surface area contributed by atoms with Gasteiger partial charge in [0.2, 0.25) is 0 Å². The third-order valence-corrected chi connectivity index (χ3v) is 17.2. The summed E-state index contributed by atoms with van der Waals surface area (Å²) in [5.41, 5.74) is 12.2. The van der Waals surface area contributed by atoms with E-state index >= 15 is 8.78 Å². The topological polar surface area (TPSA) is 155 Å². The first-order valence-corrected chi connectivity index (χ1v) is 30.6. The third-order valence-electron chi connectivity index (χ3n) is 17.2. The number of aromatic nitrogens is 8. The van der Waals surface area contributed by atoms with E-state index in [4.69, 9.17) is 19.7 Å². The molecule has 3 aliphatic rings. The quantitative estimate of drug-likeness (QED) is 0.0466. The molecule has 0 saturated carbocycles. The van der Waals surface area contributed by atoms with Crippen LogP contribution in [0.15, 0.2) is 110 Å². The summed E-state index contributed by atoms with van der Waals surface area (Å²) in [6, 6.07) is 24.7. The molecule has 0 atom stereocenters. The zero-order valence-corrected chi connectivity index (χ0v) is 53.6. The van der Waals surface area contributed by atoms with Crippen molar-refractivity contribution < 1.29 is 73.4 Å². The van der Waals surface area contributed by atoms with Gasteiger partial charge in [-0.1, -0.05) is 82.3 Å². The van der Waals surface area contributed by atoms with E-state index in [2.05, 4.69) is 71.9 Å². The maximum Gasteiger partial charge on any atom is 1.00 e. The Morgan fingerprint density at radius 2 is 1.04 bits per heavy atom. The Morgan fingerprint density at radius 1 is 0.624 bits per heavy atom. The number of aliphatic hydroxyl groups is 1. The van der Waals surface area contributed by atoms with Crippen LogP contribution in [0.1, 0.15) is 126 Å². The summed E-state index contributed by atoms with van der Waals surface area (Å²) in [4.78, 5) is 30.1. The number of nitrogens with zero attached hydrogens (tertiary/aromatic N) is 8. The summed E-state index contributed by atoms with van der Waals surface area (Å²) in [6.45, 7) is 14.9. The standard InChI is InChI=1S/C33H33F4N5O.C32H29F4N5O2.C4H8O.CH3.Li/c1-5-19-8-7-9-20(6-2)29(19)42-30(23-10-11-25(32(3,4)43)28-22(23)12-14-38-28)24-18-41(15-13-27(24)40-42)31-26(34)16-21(17-39-31)33(35,36)37;1-4-18-7-6-8-19(5-2)28(18)41-29(22-9-10-23(31(42)43-3)27-21(22)11-13-37-27)24-17-40(14-12-26(24)39-41)30-25(33)15-20(16-38-30)32(34,35)36;1-2-4-5-3-1;;/h7-12,14,16-17,38,43H,5-6,13,15,18H2,1-4H3;6-11,13,15-16,37H,4-5,12,14,17H2,1-3H3;1-4H2;1H3;/q;;;-1;+1. The van der Waals surface area contributed by atoms with Crippen LogP contribution < -0.4 is 28.7 Å². The first-order chi connectivity index (χ1) is 43.6. The minimum Gasteiger partial charge on any atom is -0.465 e. The largest absolute Gasteiger partial charge is 1.00 e. The summed E-state index contributed by atoms with van der Waals surface area (Å²) in [7, 11) is 1.33. The van der Waals surface area contributed by atoms with E-state index < -0.39 is 46.7 Å². The molecule has 3 N–H and O–H groups in total. The van der Waals surface area contributed by atoms with Gasteiger partial charge in [0, 0.05) is 116 Å². The van der Waals surface area contributed by atoms with Crippen molar-refractivity contribution in [2.45, 2.75) is 124 Å². The molecule has 484 valence electrons. The minimum atomic E-state index is -4.70. The molecule has 0 unspecified atom stereocenters. The van der Waals surface area contributed by atoms with Gasteiger partial charge >= 0.3 is 37.2 Å². The van der Waals surface area contributed by atoms with Gasteiger partial charge < -0.3 is 41.8 Å². The maximum atomic E-state index is 15.1. The number of halogens is 8. The molecule has 0 aliphatic carbocycles. The molecule has 23 heteroatoms. The monoisotopic (exact) mass is 1280 g/mol. The van der Waals surface area contributed by atoms with Gasteiger partial charge in [-0.05, 0) is 105 Å². The number of aryl methyl sites for hydroxylation is 4. The molecule has 4 aromatic carbocycles. The van der Waals surface area contributed by atoms with Crippen molar-refractivity contribution in [3.63, 3.8) is 0 Å². The number of aromatic amines is 2. The number of carbonyl (C=O) groups excluding carboxylic acids is 1. The summed E-state index contributed by atoms with van der Waals surface area (Å²) in [5.74, 6) is -2.79. The van der Waals surface area contributed by atoms with Gasteiger partial charge in [0.15, 0.2) is 23.3 Å². The fourth-order valence-corrected chi connectivity index (χ4v) is 12.6. The van der Waals surface area contributed by atoms with Crippen molar-refractivity contribution >= 4 is 39.4 Å². The van der Waals surface area contributed by atoms with Crippen molar-refractivity contribution in [2.24, 2.45) is 0 Å². The Kier molecular flexibility index (Phi) is 20.9. The smallest absolute Gasteiger partial charge is 0.465 e. The van der Waals surface area contributed by atoms with Crippen LogP contribution in [0, 0.1) is 19.1 Å². The van der Waals surface area contributed by atoms with E-state index in [1.807, 2.05) is 58.0 Å². The molecule has 9 heterocycles. The zero-order chi connectivity index (χ0) is 64.7. The van der Waals surface area contributed by atoms with E-state index in [0.717, 1.165) is 139 Å². The van der Waals surface area contributed by atoms with Crippen LogP contribution in [0.2, 0.25) is 0 Å². The zero-order valence-electron chi connectivity index (χ0n) is 53.6. The van der Waals surface area contributed by atoms with E-state index in [1.165, 1.54) is 20.0 Å².